The van der Waals surface area contributed by atoms with Crippen LogP contribution in [0.25, 0.3) is 0 Å². The highest BCUT2D eigenvalue weighted by Crippen LogP contribution is 2.34. The van der Waals surface area contributed by atoms with Crippen molar-refractivity contribution in [3.8, 4) is 0 Å². The maximum atomic E-state index is 12.7. The molecule has 1 aliphatic rings. The molecule has 98 valence electrons. The number of rotatable bonds is 4. The monoisotopic (exact) mass is 254 g/mol. The maximum Gasteiger partial charge on any atom is 0.205 e. The van der Waals surface area contributed by atoms with Gasteiger partial charge in [-0.1, -0.05) is 31.2 Å². The fraction of sp³-hybridized carbons (Fsp3) is 0.375. The Balaban J connectivity index is 1.91. The van der Waals surface area contributed by atoms with Crippen LogP contribution in [-0.2, 0) is 13.0 Å². The van der Waals surface area contributed by atoms with Crippen LogP contribution in [0.1, 0.15) is 47.4 Å². The Kier molecular flexibility index (Phi) is 3.20. The minimum atomic E-state index is -0.00536. The van der Waals surface area contributed by atoms with Gasteiger partial charge < -0.3 is 4.57 Å². The molecule has 2 aromatic rings. The Morgan fingerprint density at radius 3 is 3.11 bits per heavy atom. The van der Waals surface area contributed by atoms with E-state index >= 15 is 0 Å². The lowest BCUT2D eigenvalue weighted by Gasteiger charge is -2.11. The van der Waals surface area contributed by atoms with Crippen molar-refractivity contribution in [3.63, 3.8) is 0 Å². The molecule has 0 radical (unpaired) electrons. The standard InChI is InChI=1S/C16H18N2O/c1-2-10-18-11-9-17-16(18)15(19)14-8-7-12-5-3-4-6-13(12)14/h3-6,9,11,14H,2,7-8,10H2,1H3. The number of fused-ring (bicyclic) bond motifs is 1. The minimum absolute atomic E-state index is 0.00536. The molecule has 0 aliphatic heterocycles. The lowest BCUT2D eigenvalue weighted by Crippen LogP contribution is -2.16. The molecule has 3 heteroatoms. The van der Waals surface area contributed by atoms with Gasteiger partial charge in [-0.15, -0.1) is 0 Å². The zero-order valence-electron chi connectivity index (χ0n) is 11.2. The number of aryl methyl sites for hydroxylation is 2. The lowest BCUT2D eigenvalue weighted by molar-refractivity contribution is 0.0945. The highest BCUT2D eigenvalue weighted by molar-refractivity contribution is 5.98. The first kappa shape index (κ1) is 12.2. The van der Waals surface area contributed by atoms with Gasteiger partial charge in [0.05, 0.1) is 5.92 Å². The SMILES string of the molecule is CCCn1ccnc1C(=O)C1CCc2ccccc21. The summed E-state index contributed by atoms with van der Waals surface area (Å²) < 4.78 is 1.98. The molecule has 1 aliphatic carbocycles. The Bertz CT molecular complexity index is 600. The van der Waals surface area contributed by atoms with Gasteiger partial charge in [0, 0.05) is 18.9 Å². The van der Waals surface area contributed by atoms with Crippen molar-refractivity contribution in [2.75, 3.05) is 0 Å². The fourth-order valence-corrected chi connectivity index (χ4v) is 2.94. The molecule has 1 aromatic heterocycles. The van der Waals surface area contributed by atoms with Crippen molar-refractivity contribution in [1.29, 1.82) is 0 Å². The zero-order chi connectivity index (χ0) is 13.2. The largest absolute Gasteiger partial charge is 0.329 e. The van der Waals surface area contributed by atoms with E-state index in [0.717, 1.165) is 25.8 Å². The average molecular weight is 254 g/mol. The second kappa shape index (κ2) is 5.00. The first-order valence-corrected chi connectivity index (χ1v) is 6.94. The summed E-state index contributed by atoms with van der Waals surface area (Å²) in [7, 11) is 0. The maximum absolute atomic E-state index is 12.7. The smallest absolute Gasteiger partial charge is 0.205 e. The van der Waals surface area contributed by atoms with Gasteiger partial charge in [-0.25, -0.2) is 4.98 Å². The topological polar surface area (TPSA) is 34.9 Å². The Morgan fingerprint density at radius 2 is 2.26 bits per heavy atom. The van der Waals surface area contributed by atoms with Crippen molar-refractivity contribution in [2.24, 2.45) is 0 Å². The number of Topliss-reactive ketones (excluding diaryl/α,β-unsaturated/α-hetero) is 1. The van der Waals surface area contributed by atoms with E-state index in [4.69, 9.17) is 0 Å². The molecule has 1 unspecified atom stereocenters. The van der Waals surface area contributed by atoms with Crippen LogP contribution in [0, 0.1) is 0 Å². The quantitative estimate of drug-likeness (QED) is 0.785. The number of aromatic nitrogens is 2. The first-order chi connectivity index (χ1) is 9.31. The normalized spacial score (nSPS) is 17.4. The number of imidazole rings is 1. The number of carbonyl (C=O) groups excluding carboxylic acids is 1. The molecule has 0 N–H and O–H groups in total. The Morgan fingerprint density at radius 1 is 1.42 bits per heavy atom. The van der Waals surface area contributed by atoms with Crippen LogP contribution < -0.4 is 0 Å². The molecule has 1 aromatic carbocycles. The summed E-state index contributed by atoms with van der Waals surface area (Å²) in [4.78, 5) is 16.9. The van der Waals surface area contributed by atoms with Gasteiger partial charge in [0.2, 0.25) is 5.78 Å². The van der Waals surface area contributed by atoms with Crippen LogP contribution in [0.3, 0.4) is 0 Å². The minimum Gasteiger partial charge on any atom is -0.329 e. The van der Waals surface area contributed by atoms with Crippen LogP contribution in [0.5, 0.6) is 0 Å². The number of benzene rings is 1. The molecule has 0 fully saturated rings. The third-order valence-corrected chi connectivity index (χ3v) is 3.85. The summed E-state index contributed by atoms with van der Waals surface area (Å²) in [5.74, 6) is 0.779. The molecule has 3 nitrogen and oxygen atoms in total. The van der Waals surface area contributed by atoms with Crippen LogP contribution >= 0.6 is 0 Å². The zero-order valence-corrected chi connectivity index (χ0v) is 11.2. The second-order valence-corrected chi connectivity index (χ2v) is 5.10. The number of hydrogen-bond acceptors (Lipinski definition) is 2. The van der Waals surface area contributed by atoms with Gasteiger partial charge in [-0.05, 0) is 30.4 Å². The van der Waals surface area contributed by atoms with Crippen molar-refractivity contribution in [3.05, 3.63) is 53.6 Å². The van der Waals surface area contributed by atoms with E-state index in [0.29, 0.717) is 5.82 Å². The molecule has 19 heavy (non-hydrogen) atoms. The van der Waals surface area contributed by atoms with Gasteiger partial charge in [0.25, 0.3) is 0 Å². The van der Waals surface area contributed by atoms with Gasteiger partial charge in [0.1, 0.15) is 0 Å². The van der Waals surface area contributed by atoms with Gasteiger partial charge in [0.15, 0.2) is 5.82 Å². The van der Waals surface area contributed by atoms with Crippen LogP contribution in [0.4, 0.5) is 0 Å². The van der Waals surface area contributed by atoms with Crippen LogP contribution in [0.15, 0.2) is 36.7 Å². The predicted molar refractivity (Wildman–Crippen MR) is 74.4 cm³/mol. The molecular formula is C16H18N2O. The predicted octanol–water partition coefficient (Wildman–Crippen LogP) is 3.21. The molecular weight excluding hydrogens is 236 g/mol. The second-order valence-electron chi connectivity index (χ2n) is 5.10. The number of ketones is 1. The molecule has 0 saturated heterocycles. The third-order valence-electron chi connectivity index (χ3n) is 3.85. The van der Waals surface area contributed by atoms with E-state index in [1.165, 1.54) is 11.1 Å². The van der Waals surface area contributed by atoms with Gasteiger partial charge in [-0.2, -0.15) is 0 Å². The Labute approximate surface area is 113 Å². The summed E-state index contributed by atoms with van der Waals surface area (Å²) in [6.45, 7) is 2.97. The summed E-state index contributed by atoms with van der Waals surface area (Å²) >= 11 is 0. The molecule has 3 rings (SSSR count). The number of hydrogen-bond donors (Lipinski definition) is 0. The average Bonchev–Trinajstić information content (AvgIpc) is 3.04. The van der Waals surface area contributed by atoms with E-state index in [1.807, 2.05) is 22.9 Å². The first-order valence-electron chi connectivity index (χ1n) is 6.94. The van der Waals surface area contributed by atoms with Crippen molar-refractivity contribution >= 4 is 5.78 Å². The van der Waals surface area contributed by atoms with Crippen molar-refractivity contribution in [1.82, 2.24) is 9.55 Å². The highest BCUT2D eigenvalue weighted by atomic mass is 16.1. The summed E-state index contributed by atoms with van der Waals surface area (Å²) in [6.07, 6.45) is 6.55. The molecule has 1 atom stereocenters. The van der Waals surface area contributed by atoms with E-state index in [1.54, 1.807) is 6.20 Å². The highest BCUT2D eigenvalue weighted by Gasteiger charge is 2.30. The molecule has 0 bridgehead atoms. The molecule has 0 spiro atoms. The van der Waals surface area contributed by atoms with Gasteiger partial charge in [-0.3, -0.25) is 4.79 Å². The van der Waals surface area contributed by atoms with E-state index in [9.17, 15) is 4.79 Å². The summed E-state index contributed by atoms with van der Waals surface area (Å²) in [5.41, 5.74) is 2.51. The number of nitrogens with zero attached hydrogens (tertiary/aromatic N) is 2. The fourth-order valence-electron chi connectivity index (χ4n) is 2.94. The Hall–Kier alpha value is -1.90. The number of carbonyl (C=O) groups is 1. The van der Waals surface area contributed by atoms with E-state index < -0.39 is 0 Å². The van der Waals surface area contributed by atoms with Crippen LogP contribution in [-0.4, -0.2) is 15.3 Å². The third kappa shape index (κ3) is 2.09. The molecule has 1 heterocycles. The molecule has 0 saturated carbocycles. The molecule has 0 amide bonds. The van der Waals surface area contributed by atoms with Crippen LogP contribution in [0.2, 0.25) is 0 Å². The van der Waals surface area contributed by atoms with Crippen molar-refractivity contribution in [2.45, 2.75) is 38.6 Å². The summed E-state index contributed by atoms with van der Waals surface area (Å²) in [6, 6.07) is 8.27. The van der Waals surface area contributed by atoms with Crippen molar-refractivity contribution < 1.29 is 4.79 Å². The lowest BCUT2D eigenvalue weighted by atomic mass is 9.96. The van der Waals surface area contributed by atoms with E-state index in [-0.39, 0.29) is 11.7 Å². The van der Waals surface area contributed by atoms with E-state index in [2.05, 4.69) is 24.0 Å². The van der Waals surface area contributed by atoms with Gasteiger partial charge >= 0.3 is 0 Å². The summed E-state index contributed by atoms with van der Waals surface area (Å²) in [5, 5.41) is 0.